The normalized spacial score (nSPS) is 24.1. The molecule has 4 nitrogen and oxygen atoms in total. The van der Waals surface area contributed by atoms with Gasteiger partial charge in [-0.3, -0.25) is 0 Å². The summed E-state index contributed by atoms with van der Waals surface area (Å²) in [5, 5.41) is 9.23. The minimum absolute atomic E-state index is 0.481. The van der Waals surface area contributed by atoms with E-state index in [0.29, 0.717) is 13.1 Å². The van der Waals surface area contributed by atoms with Crippen LogP contribution in [0.2, 0.25) is 0 Å². The second kappa shape index (κ2) is 1.97. The third-order valence-corrected chi connectivity index (χ3v) is 1.72. The number of rotatable bonds is 0. The Balaban J connectivity index is 2.61. The molecule has 52 valence electrons. The Labute approximate surface area is 53.4 Å². The molecule has 0 aromatic heterocycles. The van der Waals surface area contributed by atoms with Gasteiger partial charge in [0.15, 0.2) is 0 Å². The lowest BCUT2D eigenvalue weighted by Crippen LogP contribution is -2.50. The van der Waals surface area contributed by atoms with E-state index in [4.69, 9.17) is 5.73 Å². The average Bonchev–Trinajstić information content (AvgIpc) is 2.16. The van der Waals surface area contributed by atoms with Gasteiger partial charge in [0.05, 0.1) is 0 Å². The molecule has 0 aromatic rings. The zero-order chi connectivity index (χ0) is 6.91. The van der Waals surface area contributed by atoms with Gasteiger partial charge in [-0.15, -0.1) is 4.65 Å². The van der Waals surface area contributed by atoms with E-state index in [-0.39, 0.29) is 0 Å². The number of hydroxylamine groups is 3. The van der Waals surface area contributed by atoms with Crippen molar-refractivity contribution in [2.75, 3.05) is 13.1 Å². The van der Waals surface area contributed by atoms with Crippen molar-refractivity contribution in [3.05, 3.63) is 0 Å². The third-order valence-electron chi connectivity index (χ3n) is 1.72. The van der Waals surface area contributed by atoms with E-state index in [9.17, 15) is 10.0 Å². The molecule has 0 spiro atoms. The van der Waals surface area contributed by atoms with Crippen LogP contribution in [0.5, 0.6) is 0 Å². The van der Waals surface area contributed by atoms with Crippen molar-refractivity contribution in [3.8, 4) is 0 Å². The lowest BCUT2D eigenvalue weighted by Gasteiger charge is -2.17. The van der Waals surface area contributed by atoms with E-state index < -0.39 is 10.7 Å². The number of carbonyl (C=O) groups excluding carboxylic acids is 1. The molecule has 0 aromatic carbocycles. The Morgan fingerprint density at radius 1 is 1.44 bits per heavy atom. The molecule has 0 atom stereocenters. The molecule has 9 heavy (non-hydrogen) atoms. The molecule has 1 aliphatic heterocycles. The molecule has 1 heterocycles. The Kier molecular flexibility index (Phi) is 1.42. The molecular weight excluding hydrogens is 120 g/mol. The van der Waals surface area contributed by atoms with Crippen molar-refractivity contribution in [3.63, 3.8) is 0 Å². The highest BCUT2D eigenvalue weighted by molar-refractivity contribution is 5.63. The van der Waals surface area contributed by atoms with Crippen molar-refractivity contribution in [1.82, 2.24) is 0 Å². The first-order chi connectivity index (χ1) is 4.15. The summed E-state index contributed by atoms with van der Waals surface area (Å²) in [5.41, 5.74) is 4.92. The fourth-order valence-electron chi connectivity index (χ4n) is 1.08. The molecule has 3 N–H and O–H groups in total. The molecule has 1 aliphatic rings. The maximum Gasteiger partial charge on any atom is 0.446 e. The maximum absolute atomic E-state index is 10.5. The fourth-order valence-corrected chi connectivity index (χ4v) is 1.08. The fraction of sp³-hybridized carbons (Fsp3) is 0.800. The summed E-state index contributed by atoms with van der Waals surface area (Å²) < 4.78 is -0.556. The second-order valence-corrected chi connectivity index (χ2v) is 2.42. The van der Waals surface area contributed by atoms with Crippen LogP contribution in [-0.4, -0.2) is 29.0 Å². The average molecular weight is 131 g/mol. The van der Waals surface area contributed by atoms with Crippen LogP contribution in [0.25, 0.3) is 0 Å². The van der Waals surface area contributed by atoms with Crippen LogP contribution < -0.4 is 5.73 Å². The first-order valence-electron chi connectivity index (χ1n) is 3.05. The van der Waals surface area contributed by atoms with Crippen LogP contribution in [0.3, 0.4) is 0 Å². The zero-order valence-electron chi connectivity index (χ0n) is 5.21. The van der Waals surface area contributed by atoms with Gasteiger partial charge < -0.3 is 5.73 Å². The number of carbonyl (C=O) groups is 1. The summed E-state index contributed by atoms with van der Waals surface area (Å²) in [5.74, 6) is 0. The summed E-state index contributed by atoms with van der Waals surface area (Å²) in [6.45, 7) is 0.963. The molecule has 0 unspecified atom stereocenters. The lowest BCUT2D eigenvalue weighted by molar-refractivity contribution is -1.03. The summed E-state index contributed by atoms with van der Waals surface area (Å²) in [7, 11) is 0. The van der Waals surface area contributed by atoms with Crippen LogP contribution >= 0.6 is 0 Å². The van der Waals surface area contributed by atoms with Crippen molar-refractivity contribution >= 4 is 6.03 Å². The van der Waals surface area contributed by atoms with Gasteiger partial charge in [0.25, 0.3) is 0 Å². The topological polar surface area (TPSA) is 63.3 Å². The molecule has 1 rings (SSSR count). The number of primary amides is 1. The van der Waals surface area contributed by atoms with E-state index >= 15 is 0 Å². The number of nitrogens with zero attached hydrogens (tertiary/aromatic N) is 1. The summed E-state index contributed by atoms with van der Waals surface area (Å²) >= 11 is 0. The Bertz CT molecular complexity index is 129. The predicted molar refractivity (Wildman–Crippen MR) is 30.6 cm³/mol. The second-order valence-electron chi connectivity index (χ2n) is 2.42. The monoisotopic (exact) mass is 131 g/mol. The standard InChI is InChI=1S/C5H10N2O2/c6-5(8)7(9)3-1-2-4-7/h9H,1-4H2,(H-,6,8)/p+1. The van der Waals surface area contributed by atoms with Crippen molar-refractivity contribution in [2.45, 2.75) is 12.8 Å². The van der Waals surface area contributed by atoms with E-state index in [1.165, 1.54) is 0 Å². The minimum Gasteiger partial charge on any atom is -0.316 e. The van der Waals surface area contributed by atoms with Crippen LogP contribution in [0.1, 0.15) is 12.8 Å². The summed E-state index contributed by atoms with van der Waals surface area (Å²) in [6.07, 6.45) is 1.78. The van der Waals surface area contributed by atoms with Gasteiger partial charge >= 0.3 is 6.03 Å². The van der Waals surface area contributed by atoms with Gasteiger partial charge in [-0.25, -0.2) is 10.0 Å². The van der Waals surface area contributed by atoms with Crippen molar-refractivity contribution < 1.29 is 14.6 Å². The zero-order valence-corrected chi connectivity index (χ0v) is 5.21. The van der Waals surface area contributed by atoms with Gasteiger partial charge in [0, 0.05) is 12.8 Å². The highest BCUT2D eigenvalue weighted by Gasteiger charge is 2.36. The SMILES string of the molecule is NC(=O)[N+]1(O)CCCC1. The number of quaternary nitrogens is 1. The number of hydrogen-bond donors (Lipinski definition) is 2. The quantitative estimate of drug-likeness (QED) is 0.361. The molecule has 0 bridgehead atoms. The highest BCUT2D eigenvalue weighted by Crippen LogP contribution is 2.14. The van der Waals surface area contributed by atoms with Crippen LogP contribution in [0.4, 0.5) is 4.79 Å². The van der Waals surface area contributed by atoms with Gasteiger partial charge in [0.1, 0.15) is 13.1 Å². The molecule has 0 saturated carbocycles. The maximum atomic E-state index is 10.5. The number of nitrogens with two attached hydrogens (primary N) is 1. The summed E-state index contributed by atoms with van der Waals surface area (Å²) in [6, 6.07) is -0.632. The molecule has 0 aliphatic carbocycles. The molecule has 0 radical (unpaired) electrons. The minimum atomic E-state index is -0.632. The van der Waals surface area contributed by atoms with Gasteiger partial charge in [-0.05, 0) is 0 Å². The Morgan fingerprint density at radius 2 is 1.89 bits per heavy atom. The van der Waals surface area contributed by atoms with Crippen LogP contribution in [0, 0.1) is 0 Å². The van der Waals surface area contributed by atoms with Crippen LogP contribution in [0.15, 0.2) is 0 Å². The van der Waals surface area contributed by atoms with Gasteiger partial charge in [-0.1, -0.05) is 0 Å². The number of amides is 2. The van der Waals surface area contributed by atoms with E-state index in [0.717, 1.165) is 12.8 Å². The Morgan fingerprint density at radius 3 is 2.11 bits per heavy atom. The van der Waals surface area contributed by atoms with Crippen molar-refractivity contribution in [2.24, 2.45) is 5.73 Å². The smallest absolute Gasteiger partial charge is 0.316 e. The predicted octanol–water partition coefficient (Wildman–Crippen LogP) is 0.0649. The summed E-state index contributed by atoms with van der Waals surface area (Å²) in [4.78, 5) is 10.5. The molecule has 2 amide bonds. The highest BCUT2D eigenvalue weighted by atomic mass is 16.6. The van der Waals surface area contributed by atoms with Gasteiger partial charge in [-0.2, -0.15) is 0 Å². The number of urea groups is 1. The van der Waals surface area contributed by atoms with Gasteiger partial charge in [0.2, 0.25) is 0 Å². The van der Waals surface area contributed by atoms with E-state index in [1.54, 1.807) is 0 Å². The number of hydrogen-bond acceptors (Lipinski definition) is 2. The van der Waals surface area contributed by atoms with E-state index in [2.05, 4.69) is 0 Å². The first-order valence-corrected chi connectivity index (χ1v) is 3.05. The molecule has 4 heteroatoms. The molecular formula is C5H11N2O2+. The lowest BCUT2D eigenvalue weighted by atomic mass is 10.4. The molecule has 1 fully saturated rings. The van der Waals surface area contributed by atoms with E-state index in [1.807, 2.05) is 0 Å². The van der Waals surface area contributed by atoms with Crippen LogP contribution in [-0.2, 0) is 0 Å². The van der Waals surface area contributed by atoms with Crippen molar-refractivity contribution in [1.29, 1.82) is 0 Å². The Hall–Kier alpha value is -0.610. The number of likely N-dealkylation sites (tertiary alicyclic amines) is 1. The largest absolute Gasteiger partial charge is 0.446 e. The molecule has 1 saturated heterocycles. The first kappa shape index (κ1) is 6.51. The third kappa shape index (κ3) is 1.04.